The van der Waals surface area contributed by atoms with E-state index in [2.05, 4.69) is 29.4 Å². The highest BCUT2D eigenvalue weighted by atomic mass is 35.5. The third-order valence-electron chi connectivity index (χ3n) is 3.64. The molecule has 1 N–H and O–H groups in total. The first-order chi connectivity index (χ1) is 8.24. The summed E-state index contributed by atoms with van der Waals surface area (Å²) in [5.74, 6) is 0.657. The molecule has 0 spiro atoms. The maximum absolute atomic E-state index is 6.32. The Kier molecular flexibility index (Phi) is 4.86. The van der Waals surface area contributed by atoms with Crippen LogP contribution in [0.15, 0.2) is 11.4 Å². The molecule has 4 heteroatoms. The molecule has 2 atom stereocenters. The molecule has 0 aromatic carbocycles. The van der Waals surface area contributed by atoms with Crippen molar-refractivity contribution in [1.29, 1.82) is 0 Å². The Morgan fingerprint density at radius 3 is 2.71 bits per heavy atom. The lowest BCUT2D eigenvalue weighted by molar-refractivity contribution is 0.131. The lowest BCUT2D eigenvalue weighted by Gasteiger charge is -2.37. The van der Waals surface area contributed by atoms with Crippen molar-refractivity contribution in [2.24, 2.45) is 5.92 Å². The van der Waals surface area contributed by atoms with Gasteiger partial charge in [0, 0.05) is 37.1 Å². The molecule has 1 saturated heterocycles. The number of hydrogen-bond donors (Lipinski definition) is 1. The number of nitrogens with zero attached hydrogens (tertiary/aromatic N) is 1. The summed E-state index contributed by atoms with van der Waals surface area (Å²) in [4.78, 5) is 3.94. The number of nitrogens with one attached hydrogen (secondary N) is 1. The van der Waals surface area contributed by atoms with Gasteiger partial charge in [0.2, 0.25) is 0 Å². The fourth-order valence-electron chi connectivity index (χ4n) is 2.48. The third kappa shape index (κ3) is 3.02. The van der Waals surface area contributed by atoms with Crippen LogP contribution < -0.4 is 5.32 Å². The van der Waals surface area contributed by atoms with Crippen LogP contribution in [0.3, 0.4) is 0 Å². The summed E-state index contributed by atoms with van der Waals surface area (Å²) in [5, 5.41) is 6.46. The molecular weight excluding hydrogens is 252 g/mol. The topological polar surface area (TPSA) is 15.3 Å². The van der Waals surface area contributed by atoms with Crippen molar-refractivity contribution in [2.45, 2.75) is 26.3 Å². The maximum atomic E-state index is 6.32. The van der Waals surface area contributed by atoms with Crippen LogP contribution >= 0.6 is 22.9 Å². The van der Waals surface area contributed by atoms with E-state index in [-0.39, 0.29) is 0 Å². The first kappa shape index (κ1) is 13.3. The average Bonchev–Trinajstić information content (AvgIpc) is 2.77. The zero-order chi connectivity index (χ0) is 12.3. The van der Waals surface area contributed by atoms with Gasteiger partial charge in [0.25, 0.3) is 0 Å². The van der Waals surface area contributed by atoms with E-state index in [4.69, 9.17) is 11.6 Å². The van der Waals surface area contributed by atoms with Gasteiger partial charge in [0.05, 0.1) is 5.02 Å². The molecule has 1 aliphatic heterocycles. The SMILES string of the molecule is CCC(C)[C@@H](c1sccc1Cl)N1CCNCC1. The predicted octanol–water partition coefficient (Wildman–Crippen LogP) is 3.39. The van der Waals surface area contributed by atoms with Gasteiger partial charge in [-0.1, -0.05) is 31.9 Å². The van der Waals surface area contributed by atoms with Gasteiger partial charge in [-0.2, -0.15) is 0 Å². The van der Waals surface area contributed by atoms with Gasteiger partial charge >= 0.3 is 0 Å². The largest absolute Gasteiger partial charge is 0.314 e. The van der Waals surface area contributed by atoms with Crippen molar-refractivity contribution in [2.75, 3.05) is 26.2 Å². The molecule has 2 nitrogen and oxygen atoms in total. The van der Waals surface area contributed by atoms with Gasteiger partial charge in [-0.15, -0.1) is 11.3 Å². The Bertz CT molecular complexity index is 347. The fourth-order valence-corrected chi connectivity index (χ4v) is 3.92. The number of rotatable bonds is 4. The maximum Gasteiger partial charge on any atom is 0.0561 e. The van der Waals surface area contributed by atoms with Crippen molar-refractivity contribution in [1.82, 2.24) is 10.2 Å². The summed E-state index contributed by atoms with van der Waals surface area (Å²) in [7, 11) is 0. The van der Waals surface area contributed by atoms with Crippen LogP contribution in [-0.2, 0) is 0 Å². The Balaban J connectivity index is 2.21. The molecule has 1 aliphatic rings. The second-order valence-electron chi connectivity index (χ2n) is 4.75. The van der Waals surface area contributed by atoms with E-state index in [1.165, 1.54) is 11.3 Å². The second-order valence-corrected chi connectivity index (χ2v) is 6.10. The zero-order valence-corrected chi connectivity index (χ0v) is 12.2. The molecule has 0 radical (unpaired) electrons. The molecule has 0 amide bonds. The molecule has 0 bridgehead atoms. The van der Waals surface area contributed by atoms with E-state index in [1.807, 2.05) is 6.07 Å². The summed E-state index contributed by atoms with van der Waals surface area (Å²) < 4.78 is 0. The fraction of sp³-hybridized carbons (Fsp3) is 0.692. The summed E-state index contributed by atoms with van der Waals surface area (Å²) in [6.45, 7) is 9.04. The lowest BCUT2D eigenvalue weighted by Crippen LogP contribution is -2.46. The highest BCUT2D eigenvalue weighted by Gasteiger charge is 2.28. The first-order valence-electron chi connectivity index (χ1n) is 6.41. The number of hydrogen-bond acceptors (Lipinski definition) is 3. The van der Waals surface area contributed by atoms with Gasteiger partial charge in [0.15, 0.2) is 0 Å². The molecule has 2 heterocycles. The van der Waals surface area contributed by atoms with E-state index >= 15 is 0 Å². The molecule has 1 fully saturated rings. The van der Waals surface area contributed by atoms with Crippen LogP contribution in [0, 0.1) is 5.92 Å². The normalized spacial score (nSPS) is 21.4. The van der Waals surface area contributed by atoms with Crippen molar-refractivity contribution in [3.63, 3.8) is 0 Å². The quantitative estimate of drug-likeness (QED) is 0.904. The zero-order valence-electron chi connectivity index (χ0n) is 10.6. The Labute approximate surface area is 113 Å². The van der Waals surface area contributed by atoms with E-state index < -0.39 is 0 Å². The third-order valence-corrected chi connectivity index (χ3v) is 5.07. The van der Waals surface area contributed by atoms with Gasteiger partial charge in [0.1, 0.15) is 0 Å². The summed E-state index contributed by atoms with van der Waals surface area (Å²) in [5.41, 5.74) is 0. The number of thiophene rings is 1. The highest BCUT2D eigenvalue weighted by Crippen LogP contribution is 2.38. The molecule has 0 saturated carbocycles. The van der Waals surface area contributed by atoms with Gasteiger partial charge in [-0.3, -0.25) is 4.90 Å². The number of halogens is 1. The van der Waals surface area contributed by atoms with Crippen molar-refractivity contribution in [3.05, 3.63) is 21.3 Å². The molecule has 1 aromatic rings. The number of piperazine rings is 1. The first-order valence-corrected chi connectivity index (χ1v) is 7.67. The minimum absolute atomic E-state index is 0.495. The van der Waals surface area contributed by atoms with Crippen LogP contribution in [0.1, 0.15) is 31.2 Å². The molecule has 1 aromatic heterocycles. The van der Waals surface area contributed by atoms with E-state index in [0.717, 1.165) is 31.2 Å². The van der Waals surface area contributed by atoms with Crippen molar-refractivity contribution >= 4 is 22.9 Å². The van der Waals surface area contributed by atoms with Crippen molar-refractivity contribution in [3.8, 4) is 0 Å². The van der Waals surface area contributed by atoms with E-state index in [1.54, 1.807) is 11.3 Å². The predicted molar refractivity (Wildman–Crippen MR) is 76.0 cm³/mol. The minimum Gasteiger partial charge on any atom is -0.314 e. The van der Waals surface area contributed by atoms with Crippen LogP contribution in [0.4, 0.5) is 0 Å². The van der Waals surface area contributed by atoms with E-state index in [9.17, 15) is 0 Å². The van der Waals surface area contributed by atoms with E-state index in [0.29, 0.717) is 12.0 Å². The molecule has 0 aliphatic carbocycles. The standard InChI is InChI=1S/C13H21ClN2S/c1-3-10(2)12(13-11(14)4-9-17-13)16-7-5-15-6-8-16/h4,9-10,12,15H,3,5-8H2,1-2H3/t10?,12-/m0/s1. The van der Waals surface area contributed by atoms with Crippen LogP contribution in [0.2, 0.25) is 5.02 Å². The summed E-state index contributed by atoms with van der Waals surface area (Å²) >= 11 is 8.12. The molecule has 1 unspecified atom stereocenters. The second kappa shape index (κ2) is 6.19. The van der Waals surface area contributed by atoms with Gasteiger partial charge in [-0.05, 0) is 17.4 Å². The lowest BCUT2D eigenvalue weighted by atomic mass is 9.95. The van der Waals surface area contributed by atoms with Gasteiger partial charge < -0.3 is 5.32 Å². The van der Waals surface area contributed by atoms with Crippen molar-refractivity contribution < 1.29 is 0 Å². The van der Waals surface area contributed by atoms with Crippen LogP contribution in [-0.4, -0.2) is 31.1 Å². The summed E-state index contributed by atoms with van der Waals surface area (Å²) in [6.07, 6.45) is 1.20. The molecule has 2 rings (SSSR count). The van der Waals surface area contributed by atoms with Gasteiger partial charge in [-0.25, -0.2) is 0 Å². The average molecular weight is 273 g/mol. The molecule has 17 heavy (non-hydrogen) atoms. The highest BCUT2D eigenvalue weighted by molar-refractivity contribution is 7.10. The Morgan fingerprint density at radius 1 is 1.47 bits per heavy atom. The van der Waals surface area contributed by atoms with Crippen LogP contribution in [0.25, 0.3) is 0 Å². The Hall–Kier alpha value is -0.0900. The molecule has 96 valence electrons. The minimum atomic E-state index is 0.495. The van der Waals surface area contributed by atoms with Crippen LogP contribution in [0.5, 0.6) is 0 Å². The smallest absolute Gasteiger partial charge is 0.0561 e. The monoisotopic (exact) mass is 272 g/mol. The summed E-state index contributed by atoms with van der Waals surface area (Å²) in [6, 6.07) is 2.52. The Morgan fingerprint density at radius 2 is 2.18 bits per heavy atom. The molecular formula is C13H21ClN2S.